The molecule has 1 aliphatic heterocycles. The number of allylic oxidation sites excluding steroid dienone is 2. The number of methoxy groups -OCH3 is 2. The highest BCUT2D eigenvalue weighted by atomic mass is 79.9. The molecular formula is C17H13BrO6. The number of rotatable bonds is 2. The standard InChI is InChI=1S/C17H13BrO6/c1-22-9-4-3-8-10(13(9)23-2)7-5-6-17(18,14(8)19)12-11(7)15(20)24-16(12)21/h3-7,11-12H,1-2H3/t7-,11-,12+,17+/m1/s1. The van der Waals surface area contributed by atoms with Gasteiger partial charge < -0.3 is 14.2 Å². The molecule has 5 rings (SSSR count). The van der Waals surface area contributed by atoms with Crippen molar-refractivity contribution in [3.8, 4) is 11.5 Å². The maximum atomic E-state index is 13.2. The fourth-order valence-corrected chi connectivity index (χ4v) is 4.78. The summed E-state index contributed by atoms with van der Waals surface area (Å²) in [4.78, 5) is 37.7. The van der Waals surface area contributed by atoms with Crippen molar-refractivity contribution < 1.29 is 28.6 Å². The maximum Gasteiger partial charge on any atom is 0.319 e. The molecule has 0 saturated carbocycles. The van der Waals surface area contributed by atoms with Crippen LogP contribution < -0.4 is 9.47 Å². The van der Waals surface area contributed by atoms with Crippen LogP contribution in [0.25, 0.3) is 0 Å². The number of Topliss-reactive ketones (excluding diaryl/α,β-unsaturated/α-hetero) is 1. The van der Waals surface area contributed by atoms with Gasteiger partial charge in [-0.05, 0) is 12.1 Å². The van der Waals surface area contributed by atoms with Gasteiger partial charge in [0, 0.05) is 17.0 Å². The minimum Gasteiger partial charge on any atom is -0.493 e. The number of ketones is 1. The second-order valence-corrected chi connectivity index (χ2v) is 7.30. The summed E-state index contributed by atoms with van der Waals surface area (Å²) in [5.74, 6) is -2.90. The lowest BCUT2D eigenvalue weighted by Crippen LogP contribution is -2.45. The van der Waals surface area contributed by atoms with E-state index in [1.54, 1.807) is 24.3 Å². The average Bonchev–Trinajstić information content (AvgIpc) is 2.79. The van der Waals surface area contributed by atoms with Gasteiger partial charge in [-0.2, -0.15) is 0 Å². The summed E-state index contributed by atoms with van der Waals surface area (Å²) in [5.41, 5.74) is 0.966. The Labute approximate surface area is 145 Å². The van der Waals surface area contributed by atoms with E-state index in [1.165, 1.54) is 14.2 Å². The van der Waals surface area contributed by atoms with Crippen LogP contribution in [-0.2, 0) is 14.3 Å². The van der Waals surface area contributed by atoms with Crippen LogP contribution in [0.1, 0.15) is 21.8 Å². The van der Waals surface area contributed by atoms with Gasteiger partial charge in [0.2, 0.25) is 0 Å². The molecule has 1 fully saturated rings. The minimum absolute atomic E-state index is 0.295. The number of esters is 2. The molecule has 0 N–H and O–H groups in total. The highest BCUT2D eigenvalue weighted by molar-refractivity contribution is 9.10. The zero-order valence-electron chi connectivity index (χ0n) is 12.9. The molecule has 1 heterocycles. The van der Waals surface area contributed by atoms with Gasteiger partial charge >= 0.3 is 11.9 Å². The Morgan fingerprint density at radius 2 is 1.88 bits per heavy atom. The predicted molar refractivity (Wildman–Crippen MR) is 85.5 cm³/mol. The summed E-state index contributed by atoms with van der Waals surface area (Å²) in [5, 5.41) is 0. The first kappa shape index (κ1) is 15.4. The molecule has 4 aliphatic rings. The van der Waals surface area contributed by atoms with E-state index in [-0.39, 0.29) is 5.78 Å². The molecule has 0 spiro atoms. The quantitative estimate of drug-likeness (QED) is 0.331. The van der Waals surface area contributed by atoms with Crippen molar-refractivity contribution in [2.75, 3.05) is 14.2 Å². The summed E-state index contributed by atoms with van der Waals surface area (Å²) in [6, 6.07) is 3.29. The van der Waals surface area contributed by atoms with Crippen LogP contribution in [0.4, 0.5) is 0 Å². The lowest BCUT2D eigenvalue weighted by atomic mass is 9.71. The molecule has 0 amide bonds. The molecule has 0 unspecified atom stereocenters. The zero-order valence-corrected chi connectivity index (χ0v) is 14.5. The van der Waals surface area contributed by atoms with E-state index in [0.29, 0.717) is 22.6 Å². The van der Waals surface area contributed by atoms with E-state index in [9.17, 15) is 14.4 Å². The SMILES string of the molecule is COc1ccc2c(c1OC)[C@H]1C=C[C@@](Br)(C2=O)[C@@H]2C(=O)OC(=O)[C@H]12. The third-order valence-corrected chi connectivity index (χ3v) is 6.10. The van der Waals surface area contributed by atoms with Gasteiger partial charge in [0.15, 0.2) is 17.3 Å². The van der Waals surface area contributed by atoms with Gasteiger partial charge in [-0.3, -0.25) is 14.4 Å². The van der Waals surface area contributed by atoms with Gasteiger partial charge in [0.05, 0.1) is 26.1 Å². The fourth-order valence-electron chi connectivity index (χ4n) is 3.95. The molecule has 1 saturated heterocycles. The number of carbonyl (C=O) groups is 3. The van der Waals surface area contributed by atoms with Crippen molar-refractivity contribution in [3.63, 3.8) is 0 Å². The van der Waals surface area contributed by atoms with Gasteiger partial charge in [0.25, 0.3) is 0 Å². The molecule has 0 aromatic heterocycles. The Bertz CT molecular complexity index is 829. The first-order valence-electron chi connectivity index (χ1n) is 7.37. The predicted octanol–water partition coefficient (Wildman–Crippen LogP) is 2.00. The lowest BCUT2D eigenvalue weighted by Gasteiger charge is -2.32. The fraction of sp³-hybridized carbons (Fsp3) is 0.353. The van der Waals surface area contributed by atoms with Gasteiger partial charge in [-0.15, -0.1) is 0 Å². The van der Waals surface area contributed by atoms with E-state index >= 15 is 0 Å². The van der Waals surface area contributed by atoms with E-state index in [2.05, 4.69) is 15.9 Å². The monoisotopic (exact) mass is 392 g/mol. The van der Waals surface area contributed by atoms with Gasteiger partial charge in [-0.25, -0.2) is 0 Å². The van der Waals surface area contributed by atoms with E-state index in [1.807, 2.05) is 0 Å². The van der Waals surface area contributed by atoms with E-state index < -0.39 is 34.0 Å². The van der Waals surface area contributed by atoms with Crippen LogP contribution in [0.2, 0.25) is 0 Å². The normalized spacial score (nSPS) is 33.0. The van der Waals surface area contributed by atoms with Crippen LogP contribution in [0.15, 0.2) is 24.3 Å². The van der Waals surface area contributed by atoms with E-state index in [4.69, 9.17) is 14.2 Å². The molecule has 1 aromatic rings. The zero-order chi connectivity index (χ0) is 17.2. The first-order chi connectivity index (χ1) is 11.4. The summed E-state index contributed by atoms with van der Waals surface area (Å²) in [6.07, 6.45) is 3.41. The van der Waals surface area contributed by atoms with Gasteiger partial charge in [0.1, 0.15) is 4.32 Å². The van der Waals surface area contributed by atoms with Crippen molar-refractivity contribution in [2.45, 2.75) is 10.2 Å². The second-order valence-electron chi connectivity index (χ2n) is 5.99. The van der Waals surface area contributed by atoms with Crippen molar-refractivity contribution in [1.82, 2.24) is 0 Å². The summed E-state index contributed by atoms with van der Waals surface area (Å²) < 4.78 is 14.3. The number of cyclic esters (lactones) is 2. The summed E-state index contributed by atoms with van der Waals surface area (Å²) in [7, 11) is 2.97. The van der Waals surface area contributed by atoms with Crippen molar-refractivity contribution in [1.29, 1.82) is 0 Å². The van der Waals surface area contributed by atoms with Crippen molar-refractivity contribution in [3.05, 3.63) is 35.4 Å². The average molecular weight is 393 g/mol. The molecule has 2 bridgehead atoms. The molecule has 124 valence electrons. The third kappa shape index (κ3) is 1.68. The first-order valence-corrected chi connectivity index (χ1v) is 8.16. The Hall–Kier alpha value is -2.15. The second kappa shape index (κ2) is 4.92. The molecular weight excluding hydrogens is 380 g/mol. The molecule has 0 radical (unpaired) electrons. The Morgan fingerprint density at radius 3 is 2.54 bits per heavy atom. The highest BCUT2D eigenvalue weighted by Gasteiger charge is 2.64. The summed E-state index contributed by atoms with van der Waals surface area (Å²) in [6.45, 7) is 0. The largest absolute Gasteiger partial charge is 0.493 e. The van der Waals surface area contributed by atoms with Crippen molar-refractivity contribution >= 4 is 33.7 Å². The topological polar surface area (TPSA) is 78.9 Å². The molecule has 3 aliphatic carbocycles. The van der Waals surface area contributed by atoms with E-state index in [0.717, 1.165) is 0 Å². The Morgan fingerprint density at radius 1 is 1.12 bits per heavy atom. The Kier molecular flexibility index (Phi) is 3.16. The summed E-state index contributed by atoms with van der Waals surface area (Å²) >= 11 is 3.41. The third-order valence-electron chi connectivity index (χ3n) is 4.98. The smallest absolute Gasteiger partial charge is 0.319 e. The minimum atomic E-state index is -1.29. The Balaban J connectivity index is 2.06. The molecule has 4 atom stereocenters. The van der Waals surface area contributed by atoms with Crippen LogP contribution >= 0.6 is 15.9 Å². The highest BCUT2D eigenvalue weighted by Crippen LogP contribution is 2.57. The van der Waals surface area contributed by atoms with Crippen LogP contribution in [-0.4, -0.2) is 36.3 Å². The number of hydrogen-bond acceptors (Lipinski definition) is 6. The molecule has 1 aromatic carbocycles. The lowest BCUT2D eigenvalue weighted by molar-refractivity contribution is -0.153. The number of hydrogen-bond donors (Lipinski definition) is 0. The molecule has 24 heavy (non-hydrogen) atoms. The number of halogens is 1. The number of alkyl halides is 1. The van der Waals surface area contributed by atoms with Crippen LogP contribution in [0.5, 0.6) is 11.5 Å². The molecule has 7 heteroatoms. The molecule has 6 nitrogen and oxygen atoms in total. The number of carbonyl (C=O) groups excluding carboxylic acids is 3. The van der Waals surface area contributed by atoms with Crippen LogP contribution in [0.3, 0.4) is 0 Å². The van der Waals surface area contributed by atoms with Crippen LogP contribution in [0, 0.1) is 11.8 Å². The van der Waals surface area contributed by atoms with Crippen molar-refractivity contribution in [2.24, 2.45) is 11.8 Å². The van der Waals surface area contributed by atoms with Gasteiger partial charge in [-0.1, -0.05) is 28.1 Å². The number of benzene rings is 1. The number of ether oxygens (including phenoxy) is 3. The maximum absolute atomic E-state index is 13.2.